The summed E-state index contributed by atoms with van der Waals surface area (Å²) in [6, 6.07) is 0. The zero-order valence-electron chi connectivity index (χ0n) is 10.1. The molecule has 0 aliphatic rings. The third-order valence-corrected chi connectivity index (χ3v) is 3.06. The summed E-state index contributed by atoms with van der Waals surface area (Å²) in [5.41, 5.74) is 7.99. The van der Waals surface area contributed by atoms with Crippen LogP contribution in [0.5, 0.6) is 0 Å². The lowest BCUT2D eigenvalue weighted by molar-refractivity contribution is 1.12. The standard InChI is InChI=1S/C10H14B4N2/c1-4-7-5(2)9(14(12)13)10(16-15)6(3)8(7)11/h16H,4,15H2,1-3H3. The van der Waals surface area contributed by atoms with Gasteiger partial charge in [-0.05, 0) is 25.8 Å². The van der Waals surface area contributed by atoms with E-state index in [4.69, 9.17) is 29.2 Å². The van der Waals surface area contributed by atoms with E-state index in [1.807, 2.05) is 13.8 Å². The van der Waals surface area contributed by atoms with Crippen molar-refractivity contribution in [1.82, 2.24) is 0 Å². The minimum absolute atomic E-state index is 0.560. The first-order valence-electron chi connectivity index (χ1n) is 5.34. The van der Waals surface area contributed by atoms with E-state index in [1.165, 1.54) is 0 Å². The van der Waals surface area contributed by atoms with Gasteiger partial charge in [-0.25, -0.2) is 0 Å². The normalized spacial score (nSPS) is 10.2. The molecule has 3 N–H and O–H groups in total. The van der Waals surface area contributed by atoms with Crippen LogP contribution in [0.15, 0.2) is 0 Å². The molecule has 1 aromatic rings. The first kappa shape index (κ1) is 13.3. The molecule has 0 bridgehead atoms. The van der Waals surface area contributed by atoms with E-state index in [2.05, 4.69) is 12.3 Å². The fourth-order valence-electron chi connectivity index (χ4n) is 2.17. The van der Waals surface area contributed by atoms with Crippen LogP contribution in [0.2, 0.25) is 0 Å². The molecule has 0 aliphatic heterocycles. The van der Waals surface area contributed by atoms with Crippen molar-refractivity contribution < 1.29 is 0 Å². The van der Waals surface area contributed by atoms with E-state index < -0.39 is 6.49 Å². The summed E-state index contributed by atoms with van der Waals surface area (Å²) < 4.78 is 0. The second-order valence-corrected chi connectivity index (χ2v) is 3.95. The number of hydrogen-bond donors (Lipinski definition) is 2. The second-order valence-electron chi connectivity index (χ2n) is 3.95. The van der Waals surface area contributed by atoms with Gasteiger partial charge in [0, 0.05) is 21.2 Å². The fourth-order valence-corrected chi connectivity index (χ4v) is 2.17. The Morgan fingerprint density at radius 3 is 2.19 bits per heavy atom. The molecule has 0 atom stereocenters. The van der Waals surface area contributed by atoms with E-state index >= 15 is 0 Å². The third kappa shape index (κ3) is 2.03. The third-order valence-electron chi connectivity index (χ3n) is 3.06. The molecule has 6 radical (unpaired) electrons. The monoisotopic (exact) mass is 206 g/mol. The van der Waals surface area contributed by atoms with Crippen LogP contribution >= 0.6 is 0 Å². The highest BCUT2D eigenvalue weighted by molar-refractivity contribution is 7.35. The minimum Gasteiger partial charge on any atom is -0.324 e. The van der Waals surface area contributed by atoms with Gasteiger partial charge in [-0.15, -0.1) is 0 Å². The van der Waals surface area contributed by atoms with E-state index in [0.717, 1.165) is 39.7 Å². The van der Waals surface area contributed by atoms with Crippen molar-refractivity contribution in [3.63, 3.8) is 0 Å². The van der Waals surface area contributed by atoms with Crippen molar-refractivity contribution in [3.8, 4) is 0 Å². The van der Waals surface area contributed by atoms with E-state index in [-0.39, 0.29) is 0 Å². The topological polar surface area (TPSA) is 38.0 Å². The Labute approximate surface area is 102 Å². The number of anilines is 1. The Bertz CT molecular complexity index is 405. The van der Waals surface area contributed by atoms with Crippen molar-refractivity contribution in [2.75, 3.05) is 5.43 Å². The Hall–Kier alpha value is -0.760. The summed E-state index contributed by atoms with van der Waals surface area (Å²) in [6.45, 7) is 5.38. The summed E-state index contributed by atoms with van der Waals surface area (Å²) in [5, 5.41) is 0. The summed E-state index contributed by atoms with van der Waals surface area (Å²) in [4.78, 5) is 0. The molecule has 0 amide bonds. The highest BCUT2D eigenvalue weighted by Crippen LogP contribution is 2.15. The largest absolute Gasteiger partial charge is 0.324 e. The lowest BCUT2D eigenvalue weighted by atomic mass is 9.16. The molecule has 0 unspecified atom stereocenters. The Morgan fingerprint density at radius 1 is 1.25 bits per heavy atom. The molecule has 1 aromatic carbocycles. The van der Waals surface area contributed by atoms with Gasteiger partial charge in [0.15, 0.2) is 0 Å². The van der Waals surface area contributed by atoms with E-state index in [1.54, 1.807) is 0 Å². The summed E-state index contributed by atoms with van der Waals surface area (Å²) in [5.74, 6) is 5.50. The van der Waals surface area contributed by atoms with Crippen molar-refractivity contribution in [1.29, 1.82) is 0 Å². The fraction of sp³-hybridized carbons (Fsp3) is 0.400. The van der Waals surface area contributed by atoms with Crippen LogP contribution in [-0.4, -0.2) is 29.8 Å². The molecule has 16 heavy (non-hydrogen) atoms. The molecule has 0 aliphatic carbocycles. The second kappa shape index (κ2) is 5.05. The molecule has 6 heteroatoms. The zero-order chi connectivity index (χ0) is 12.5. The van der Waals surface area contributed by atoms with Gasteiger partial charge in [-0.2, -0.15) is 0 Å². The van der Waals surface area contributed by atoms with E-state index in [9.17, 15) is 0 Å². The lowest BCUT2D eigenvalue weighted by Gasteiger charge is -2.24. The van der Waals surface area contributed by atoms with E-state index in [0.29, 0.717) is 0 Å². The molecular formula is C10H14B4N2. The number of hydrogen-bond acceptors (Lipinski definition) is 2. The average molecular weight is 205 g/mol. The van der Waals surface area contributed by atoms with Gasteiger partial charge in [0.1, 0.15) is 7.85 Å². The molecule has 0 heterocycles. The van der Waals surface area contributed by atoms with Gasteiger partial charge >= 0.3 is 0 Å². The molecule has 0 fully saturated rings. The summed E-state index contributed by atoms with van der Waals surface area (Å²) in [6.07, 6.45) is 0.850. The number of benzene rings is 1. The molecule has 1 rings (SSSR count). The van der Waals surface area contributed by atoms with Gasteiger partial charge < -0.3 is 5.43 Å². The van der Waals surface area contributed by atoms with Crippen molar-refractivity contribution in [2.45, 2.75) is 27.2 Å². The van der Waals surface area contributed by atoms with Gasteiger partial charge in [0.05, 0.1) is 6.49 Å². The summed E-state index contributed by atoms with van der Waals surface area (Å²) in [7, 11) is 17.6. The van der Waals surface area contributed by atoms with Crippen molar-refractivity contribution >= 4 is 46.4 Å². The Morgan fingerprint density at radius 2 is 1.81 bits per heavy atom. The van der Waals surface area contributed by atoms with Crippen molar-refractivity contribution in [2.24, 2.45) is 5.84 Å². The van der Waals surface area contributed by atoms with Crippen LogP contribution in [0.1, 0.15) is 23.6 Å². The number of nitrogens with two attached hydrogens (primary N) is 1. The van der Waals surface area contributed by atoms with Crippen molar-refractivity contribution in [3.05, 3.63) is 16.7 Å². The predicted octanol–water partition coefficient (Wildman–Crippen LogP) is -1.02. The van der Waals surface area contributed by atoms with Crippen LogP contribution in [-0.2, 0) is 6.42 Å². The zero-order valence-corrected chi connectivity index (χ0v) is 10.1. The Balaban J connectivity index is 3.64. The highest BCUT2D eigenvalue weighted by atomic mass is 15.2. The quantitative estimate of drug-likeness (QED) is 0.377. The van der Waals surface area contributed by atoms with Crippen LogP contribution in [0.3, 0.4) is 0 Å². The van der Waals surface area contributed by atoms with Crippen LogP contribution in [0, 0.1) is 13.8 Å². The number of nitrogen functional groups attached to an aromatic ring is 1. The highest BCUT2D eigenvalue weighted by Gasteiger charge is 2.17. The maximum atomic E-state index is 6.06. The molecular weight excluding hydrogens is 191 g/mol. The number of rotatable bonds is 3. The molecule has 0 aromatic heterocycles. The van der Waals surface area contributed by atoms with Gasteiger partial charge in [-0.3, -0.25) is 5.84 Å². The molecule has 0 saturated carbocycles. The first-order valence-corrected chi connectivity index (χ1v) is 5.34. The van der Waals surface area contributed by atoms with Gasteiger partial charge in [0.25, 0.3) is 0 Å². The smallest absolute Gasteiger partial charge is 0.114 e. The van der Waals surface area contributed by atoms with Gasteiger partial charge in [0.2, 0.25) is 0 Å². The number of hydrazine groups is 1. The molecule has 0 saturated heterocycles. The Kier molecular flexibility index (Phi) is 4.20. The van der Waals surface area contributed by atoms with Crippen LogP contribution in [0.4, 0.5) is 5.69 Å². The SMILES string of the molecule is [B]B([B])c1c(C)c(CC)c([B])c(C)c1NN. The van der Waals surface area contributed by atoms with Crippen LogP contribution in [0.25, 0.3) is 0 Å². The maximum Gasteiger partial charge on any atom is 0.114 e. The molecule has 76 valence electrons. The summed E-state index contributed by atoms with van der Waals surface area (Å²) >= 11 is 0. The molecule has 0 spiro atoms. The predicted molar refractivity (Wildman–Crippen MR) is 75.4 cm³/mol. The minimum atomic E-state index is -0.560. The average Bonchev–Trinajstić information content (AvgIpc) is 2.23. The molecule has 2 nitrogen and oxygen atoms in total. The van der Waals surface area contributed by atoms with Gasteiger partial charge in [-0.1, -0.05) is 29.0 Å². The number of nitrogens with one attached hydrogen (secondary N) is 1. The lowest BCUT2D eigenvalue weighted by Crippen LogP contribution is -2.41. The van der Waals surface area contributed by atoms with Crippen LogP contribution < -0.4 is 22.2 Å². The maximum absolute atomic E-state index is 6.06. The first-order chi connectivity index (χ1) is 7.45.